The van der Waals surface area contributed by atoms with Gasteiger partial charge in [0.1, 0.15) is 28.9 Å². The summed E-state index contributed by atoms with van der Waals surface area (Å²) in [7, 11) is 0. The first kappa shape index (κ1) is 46.3. The van der Waals surface area contributed by atoms with E-state index in [0.717, 1.165) is 17.7 Å². The van der Waals surface area contributed by atoms with Crippen LogP contribution < -0.4 is 0 Å². The second-order valence-electron chi connectivity index (χ2n) is 14.4. The van der Waals surface area contributed by atoms with Gasteiger partial charge in [0.25, 0.3) is 0 Å². The Kier molecular flexibility index (Phi) is 15.2. The minimum Gasteiger partial charge on any atom is -0.384 e. The van der Waals surface area contributed by atoms with Crippen LogP contribution in [0.4, 0.5) is 8.78 Å². The van der Waals surface area contributed by atoms with Crippen LogP contribution in [0, 0.1) is 11.6 Å². The fraction of sp³-hybridized carbons (Fsp3) is 0.262. The molecule has 2 heterocycles. The lowest BCUT2D eigenvalue weighted by Crippen LogP contribution is -2.25. The quantitative estimate of drug-likeness (QED) is 0.164. The van der Waals surface area contributed by atoms with Crippen LogP contribution in [0.5, 0.6) is 0 Å². The van der Waals surface area contributed by atoms with E-state index >= 15 is 0 Å². The van der Waals surface area contributed by atoms with Crippen LogP contribution in [0.3, 0.4) is 0 Å². The number of halogens is 8. The second-order valence-corrected chi connectivity index (χ2v) is 17.8. The van der Waals surface area contributed by atoms with Crippen molar-refractivity contribution in [1.29, 1.82) is 0 Å². The van der Waals surface area contributed by atoms with E-state index in [-0.39, 0.29) is 12.0 Å². The Bertz CT molecular complexity index is 2400. The maximum atomic E-state index is 14.8. The van der Waals surface area contributed by atoms with Crippen LogP contribution in [-0.4, -0.2) is 30.4 Å². The van der Waals surface area contributed by atoms with Crippen molar-refractivity contribution in [3.63, 3.8) is 0 Å². The number of imidazole rings is 2. The summed E-state index contributed by atoms with van der Waals surface area (Å²) < 4.78 is 34.2. The molecule has 0 saturated heterocycles. The minimum atomic E-state index is -1.20. The molecule has 15 heteroatoms. The van der Waals surface area contributed by atoms with E-state index in [0.29, 0.717) is 63.3 Å². The molecular formula is C42H38Br2Cl4F2N4O3. The van der Waals surface area contributed by atoms with Gasteiger partial charge in [-0.15, -0.1) is 0 Å². The van der Waals surface area contributed by atoms with Gasteiger partial charge >= 0.3 is 6.15 Å². The summed E-state index contributed by atoms with van der Waals surface area (Å²) >= 11 is 32.4. The van der Waals surface area contributed by atoms with Crippen molar-refractivity contribution in [3.8, 4) is 11.4 Å². The number of hydrogen-bond donors (Lipinski definition) is 1. The lowest BCUT2D eigenvalue weighted by atomic mass is 9.83. The molecule has 0 saturated carbocycles. The summed E-state index contributed by atoms with van der Waals surface area (Å²) in [5.41, 5.74) is 0.914. The van der Waals surface area contributed by atoms with Gasteiger partial charge in [0.05, 0.1) is 33.6 Å². The summed E-state index contributed by atoms with van der Waals surface area (Å²) in [5, 5.41) is 12.6. The van der Waals surface area contributed by atoms with E-state index in [1.54, 1.807) is 77.7 Å². The average molecular weight is 986 g/mol. The standard InChI is InChI=1S/C21H20BrCl2FN2O.C20H18BrCl2FN2.CO2/c1-20(2,18-13(23)6-5-7-14(18)24)19-26-17(21(3,4)28)11-27(19)16-9-8-12(22)10-15(16)25;1-4-13-11-26(17-9-8-12(21)10-16(17)24)19(25-13)20(2,3)18-14(22)6-5-7-15(18)23;2-1-3/h5-11,28H,1-4H3;5-11H,4H2,1-3H3;. The maximum Gasteiger partial charge on any atom is 0.373 e. The first-order valence-corrected chi connectivity index (χ1v) is 20.4. The first-order chi connectivity index (χ1) is 26.6. The molecule has 1 N–H and O–H groups in total. The SMILES string of the molecule is CC(C)(O)c1cn(-c2ccc(Br)cc2F)c(C(C)(C)c2c(Cl)cccc2Cl)n1.CCc1cn(-c2ccc(Br)cc2F)c(C(C)(C)c2c(Cl)cccc2Cl)n1.O=C=O. The molecule has 0 atom stereocenters. The smallest absolute Gasteiger partial charge is 0.373 e. The highest BCUT2D eigenvalue weighted by molar-refractivity contribution is 9.10. The molecule has 300 valence electrons. The average Bonchev–Trinajstić information content (AvgIpc) is 3.76. The summed E-state index contributed by atoms with van der Waals surface area (Å²) in [5.74, 6) is 0.449. The Morgan fingerprint density at radius 1 is 0.667 bits per heavy atom. The van der Waals surface area contributed by atoms with Crippen molar-refractivity contribution in [2.75, 3.05) is 0 Å². The fourth-order valence-corrected chi connectivity index (χ4v) is 8.70. The van der Waals surface area contributed by atoms with Crippen LogP contribution in [0.15, 0.2) is 94.1 Å². The molecule has 0 amide bonds. The van der Waals surface area contributed by atoms with Gasteiger partial charge in [0.15, 0.2) is 0 Å². The number of carbonyl (C=O) groups excluding carboxylic acids is 2. The Morgan fingerprint density at radius 3 is 1.39 bits per heavy atom. The number of aryl methyl sites for hydroxylation is 1. The van der Waals surface area contributed by atoms with Crippen LogP contribution in [0.1, 0.15) is 82.6 Å². The van der Waals surface area contributed by atoms with Crippen molar-refractivity contribution in [2.45, 2.75) is 71.3 Å². The predicted octanol–water partition coefficient (Wildman–Crippen LogP) is 13.0. The van der Waals surface area contributed by atoms with Crippen molar-refractivity contribution in [3.05, 3.63) is 160 Å². The number of rotatable bonds is 8. The predicted molar refractivity (Wildman–Crippen MR) is 229 cm³/mol. The molecule has 4 aromatic carbocycles. The molecule has 0 aliphatic carbocycles. The molecule has 7 nitrogen and oxygen atoms in total. The minimum absolute atomic E-state index is 0.250. The molecule has 0 aliphatic heterocycles. The molecule has 0 bridgehead atoms. The molecular weight excluding hydrogens is 948 g/mol. The Labute approximate surface area is 367 Å². The molecule has 6 rings (SSSR count). The summed E-state index contributed by atoms with van der Waals surface area (Å²) in [6.07, 6.45) is 4.51. The van der Waals surface area contributed by atoms with Gasteiger partial charge in [-0.3, -0.25) is 9.13 Å². The monoisotopic (exact) mass is 982 g/mol. The number of nitrogens with zero attached hydrogens (tertiary/aromatic N) is 4. The first-order valence-electron chi connectivity index (χ1n) is 17.3. The topological polar surface area (TPSA) is 90.0 Å². The van der Waals surface area contributed by atoms with Crippen molar-refractivity contribution < 1.29 is 23.5 Å². The molecule has 0 aliphatic rings. The van der Waals surface area contributed by atoms with Crippen LogP contribution in [0.25, 0.3) is 11.4 Å². The van der Waals surface area contributed by atoms with E-state index in [9.17, 15) is 13.9 Å². The van der Waals surface area contributed by atoms with Gasteiger partial charge in [0, 0.05) is 52.6 Å². The lowest BCUT2D eigenvalue weighted by Gasteiger charge is -2.28. The number of aliphatic hydroxyl groups is 1. The van der Waals surface area contributed by atoms with Crippen LogP contribution in [-0.2, 0) is 32.4 Å². The van der Waals surface area contributed by atoms with Gasteiger partial charge < -0.3 is 5.11 Å². The molecule has 0 fully saturated rings. The Hall–Kier alpha value is -3.38. The Balaban J connectivity index is 0.000000237. The van der Waals surface area contributed by atoms with E-state index < -0.39 is 22.2 Å². The number of benzene rings is 4. The molecule has 6 aromatic rings. The largest absolute Gasteiger partial charge is 0.384 e. The van der Waals surface area contributed by atoms with Gasteiger partial charge in [-0.2, -0.15) is 9.59 Å². The van der Waals surface area contributed by atoms with Gasteiger partial charge in [0.2, 0.25) is 0 Å². The maximum absolute atomic E-state index is 14.8. The molecule has 57 heavy (non-hydrogen) atoms. The highest BCUT2D eigenvalue weighted by atomic mass is 79.9. The van der Waals surface area contributed by atoms with Crippen molar-refractivity contribution >= 4 is 84.4 Å². The molecule has 0 unspecified atom stereocenters. The van der Waals surface area contributed by atoms with Gasteiger partial charge in [-0.25, -0.2) is 18.7 Å². The van der Waals surface area contributed by atoms with Crippen molar-refractivity contribution in [2.24, 2.45) is 0 Å². The van der Waals surface area contributed by atoms with E-state index in [1.807, 2.05) is 52.9 Å². The fourth-order valence-electron chi connectivity index (χ4n) is 6.29. The normalized spacial score (nSPS) is 11.6. The third-order valence-corrected chi connectivity index (χ3v) is 11.3. The zero-order valence-electron chi connectivity index (χ0n) is 31.9. The van der Waals surface area contributed by atoms with Crippen LogP contribution in [0.2, 0.25) is 20.1 Å². The molecule has 2 aromatic heterocycles. The molecule has 0 radical (unpaired) electrons. The van der Waals surface area contributed by atoms with Gasteiger partial charge in [-0.05, 0) is 109 Å². The summed E-state index contributed by atoms with van der Waals surface area (Å²) in [6, 6.07) is 20.5. The van der Waals surface area contributed by atoms with E-state index in [2.05, 4.69) is 36.8 Å². The summed E-state index contributed by atoms with van der Waals surface area (Å²) in [6.45, 7) is 13.1. The van der Waals surface area contributed by atoms with Crippen molar-refractivity contribution in [1.82, 2.24) is 19.1 Å². The lowest BCUT2D eigenvalue weighted by molar-refractivity contribution is -0.191. The third kappa shape index (κ3) is 10.3. The zero-order valence-corrected chi connectivity index (χ0v) is 38.1. The summed E-state index contributed by atoms with van der Waals surface area (Å²) in [4.78, 5) is 25.7. The van der Waals surface area contributed by atoms with Gasteiger partial charge in [-0.1, -0.05) is 97.3 Å². The third-order valence-electron chi connectivity index (χ3n) is 9.08. The van der Waals surface area contributed by atoms with E-state index in [1.165, 1.54) is 12.1 Å². The second kappa shape index (κ2) is 18.7. The highest BCUT2D eigenvalue weighted by Crippen LogP contribution is 2.43. The highest BCUT2D eigenvalue weighted by Gasteiger charge is 2.36. The molecule has 0 spiro atoms. The van der Waals surface area contributed by atoms with Crippen LogP contribution >= 0.6 is 78.3 Å². The number of hydrogen-bond acceptors (Lipinski definition) is 5. The van der Waals surface area contributed by atoms with E-state index in [4.69, 9.17) is 61.0 Å². The number of aromatic nitrogens is 4. The Morgan fingerprint density at radius 2 is 1.04 bits per heavy atom. The zero-order chi connectivity index (χ0) is 42.6.